The van der Waals surface area contributed by atoms with Gasteiger partial charge < -0.3 is 4.74 Å². The molecule has 0 saturated heterocycles. The molecule has 1 saturated carbocycles. The van der Waals surface area contributed by atoms with Crippen LogP contribution in [0, 0.1) is 17.8 Å². The van der Waals surface area contributed by atoms with Gasteiger partial charge in [-0.15, -0.1) is 6.58 Å². The van der Waals surface area contributed by atoms with E-state index in [4.69, 9.17) is 4.74 Å². The van der Waals surface area contributed by atoms with Crippen molar-refractivity contribution in [3.05, 3.63) is 24.5 Å². The van der Waals surface area contributed by atoms with Crippen LogP contribution in [0.4, 0.5) is 0 Å². The van der Waals surface area contributed by atoms with Gasteiger partial charge >= 0.3 is 0 Å². The highest BCUT2D eigenvalue weighted by molar-refractivity contribution is 4.99. The molecule has 2 aliphatic rings. The Morgan fingerprint density at radius 3 is 2.59 bits per heavy atom. The molecule has 1 aliphatic carbocycles. The van der Waals surface area contributed by atoms with Crippen molar-refractivity contribution in [3.8, 4) is 0 Å². The monoisotopic (exact) mass is 234 g/mol. The summed E-state index contributed by atoms with van der Waals surface area (Å²) in [4.78, 5) is 0. The predicted molar refractivity (Wildman–Crippen MR) is 72.7 cm³/mol. The summed E-state index contributed by atoms with van der Waals surface area (Å²) in [6.07, 6.45) is 13.5. The Labute approximate surface area is 106 Å². The fourth-order valence-corrected chi connectivity index (χ4v) is 3.23. The number of rotatable bonds is 4. The van der Waals surface area contributed by atoms with Crippen LogP contribution in [0.5, 0.6) is 0 Å². The number of hydrogen-bond donors (Lipinski definition) is 0. The first-order valence-electron chi connectivity index (χ1n) is 7.27. The summed E-state index contributed by atoms with van der Waals surface area (Å²) in [5.74, 6) is 3.69. The summed E-state index contributed by atoms with van der Waals surface area (Å²) in [6, 6.07) is 0. The Kier molecular flexibility index (Phi) is 4.70. The molecule has 1 heteroatoms. The highest BCUT2D eigenvalue weighted by atomic mass is 16.5. The average Bonchev–Trinajstić information content (AvgIpc) is 2.40. The summed E-state index contributed by atoms with van der Waals surface area (Å²) in [5.41, 5.74) is 0. The lowest BCUT2D eigenvalue weighted by Gasteiger charge is -2.34. The van der Waals surface area contributed by atoms with E-state index in [0.29, 0.717) is 0 Å². The van der Waals surface area contributed by atoms with Crippen LogP contribution >= 0.6 is 0 Å². The van der Waals surface area contributed by atoms with Crippen LogP contribution in [0.2, 0.25) is 0 Å². The molecule has 1 nitrogen and oxygen atoms in total. The second kappa shape index (κ2) is 6.28. The van der Waals surface area contributed by atoms with E-state index in [1.54, 1.807) is 0 Å². The van der Waals surface area contributed by atoms with Crippen LogP contribution in [-0.4, -0.2) is 6.61 Å². The molecule has 1 heterocycles. The fourth-order valence-electron chi connectivity index (χ4n) is 3.23. The summed E-state index contributed by atoms with van der Waals surface area (Å²) < 4.78 is 5.88. The summed E-state index contributed by atoms with van der Waals surface area (Å²) in [7, 11) is 0. The van der Waals surface area contributed by atoms with E-state index in [2.05, 4.69) is 25.7 Å². The lowest BCUT2D eigenvalue weighted by molar-refractivity contribution is 0.0877. The normalized spacial score (nSPS) is 33.7. The molecular formula is C16H26O. The van der Waals surface area contributed by atoms with Crippen molar-refractivity contribution in [1.82, 2.24) is 0 Å². The van der Waals surface area contributed by atoms with Crippen LogP contribution < -0.4 is 0 Å². The Balaban J connectivity index is 1.79. The summed E-state index contributed by atoms with van der Waals surface area (Å²) >= 11 is 0. The van der Waals surface area contributed by atoms with E-state index >= 15 is 0 Å². The first-order valence-corrected chi connectivity index (χ1v) is 7.27. The van der Waals surface area contributed by atoms with Gasteiger partial charge in [0.05, 0.1) is 12.4 Å². The quantitative estimate of drug-likeness (QED) is 0.641. The lowest BCUT2D eigenvalue weighted by Crippen LogP contribution is -2.26. The van der Waals surface area contributed by atoms with E-state index in [9.17, 15) is 0 Å². The molecule has 96 valence electrons. The van der Waals surface area contributed by atoms with Crippen molar-refractivity contribution in [2.45, 2.75) is 51.9 Å². The highest BCUT2D eigenvalue weighted by Gasteiger charge is 2.28. The minimum atomic E-state index is 0.779. The van der Waals surface area contributed by atoms with Crippen LogP contribution in [-0.2, 0) is 4.74 Å². The molecule has 0 aromatic carbocycles. The first kappa shape index (κ1) is 12.7. The molecule has 0 N–H and O–H groups in total. The highest BCUT2D eigenvalue weighted by Crippen LogP contribution is 2.37. The molecule has 1 unspecified atom stereocenters. The van der Waals surface area contributed by atoms with Crippen molar-refractivity contribution >= 4 is 0 Å². The third kappa shape index (κ3) is 3.37. The standard InChI is InChI=1S/C16H26O/c1-3-5-16-11-10-15(12-17-16)14-8-6-13(4-2)7-9-14/h4,11,13-15H,2-3,5-10,12H2,1H3. The maximum atomic E-state index is 5.88. The molecule has 1 atom stereocenters. The fraction of sp³-hybridized carbons (Fsp3) is 0.750. The lowest BCUT2D eigenvalue weighted by atomic mass is 9.74. The summed E-state index contributed by atoms with van der Waals surface area (Å²) in [6.45, 7) is 7.10. The molecule has 1 aliphatic heterocycles. The molecule has 0 aromatic rings. The zero-order chi connectivity index (χ0) is 12.1. The average molecular weight is 234 g/mol. The number of hydrogen-bond acceptors (Lipinski definition) is 1. The summed E-state index contributed by atoms with van der Waals surface area (Å²) in [5, 5.41) is 0. The maximum absolute atomic E-state index is 5.88. The van der Waals surface area contributed by atoms with Crippen LogP contribution in [0.1, 0.15) is 51.9 Å². The largest absolute Gasteiger partial charge is 0.498 e. The van der Waals surface area contributed by atoms with Crippen molar-refractivity contribution in [3.63, 3.8) is 0 Å². The molecular weight excluding hydrogens is 208 g/mol. The molecule has 0 amide bonds. The minimum Gasteiger partial charge on any atom is -0.498 e. The maximum Gasteiger partial charge on any atom is 0.0920 e. The van der Waals surface area contributed by atoms with Crippen LogP contribution in [0.25, 0.3) is 0 Å². The van der Waals surface area contributed by atoms with Gasteiger partial charge in [-0.3, -0.25) is 0 Å². The second-order valence-electron chi connectivity index (χ2n) is 5.64. The van der Waals surface area contributed by atoms with E-state index in [1.807, 2.05) is 0 Å². The van der Waals surface area contributed by atoms with Gasteiger partial charge in [0.15, 0.2) is 0 Å². The van der Waals surface area contributed by atoms with Gasteiger partial charge in [-0.25, -0.2) is 0 Å². The topological polar surface area (TPSA) is 9.23 Å². The SMILES string of the molecule is C=CC1CCC(C2CC=C(CCC)OC2)CC1. The van der Waals surface area contributed by atoms with Crippen molar-refractivity contribution in [2.24, 2.45) is 17.8 Å². The predicted octanol–water partition coefficient (Wildman–Crippen LogP) is 4.70. The molecule has 0 bridgehead atoms. The van der Waals surface area contributed by atoms with Crippen molar-refractivity contribution in [1.29, 1.82) is 0 Å². The van der Waals surface area contributed by atoms with Crippen LogP contribution in [0.15, 0.2) is 24.5 Å². The molecule has 2 rings (SSSR count). The van der Waals surface area contributed by atoms with Crippen molar-refractivity contribution < 1.29 is 4.74 Å². The van der Waals surface area contributed by atoms with Gasteiger partial charge in [-0.2, -0.15) is 0 Å². The minimum absolute atomic E-state index is 0.779. The van der Waals surface area contributed by atoms with Gasteiger partial charge in [0.25, 0.3) is 0 Å². The van der Waals surface area contributed by atoms with E-state index in [0.717, 1.165) is 30.8 Å². The van der Waals surface area contributed by atoms with E-state index in [-0.39, 0.29) is 0 Å². The molecule has 1 fully saturated rings. The van der Waals surface area contributed by atoms with Crippen LogP contribution in [0.3, 0.4) is 0 Å². The second-order valence-corrected chi connectivity index (χ2v) is 5.64. The Hall–Kier alpha value is -0.720. The number of ether oxygens (including phenoxy) is 1. The Morgan fingerprint density at radius 1 is 1.29 bits per heavy atom. The smallest absolute Gasteiger partial charge is 0.0920 e. The zero-order valence-electron chi connectivity index (χ0n) is 11.2. The molecule has 0 aromatic heterocycles. The Morgan fingerprint density at radius 2 is 2.06 bits per heavy atom. The third-order valence-corrected chi connectivity index (χ3v) is 4.44. The van der Waals surface area contributed by atoms with Crippen molar-refractivity contribution in [2.75, 3.05) is 6.61 Å². The van der Waals surface area contributed by atoms with Gasteiger partial charge in [0, 0.05) is 6.42 Å². The zero-order valence-corrected chi connectivity index (χ0v) is 11.2. The first-order chi connectivity index (χ1) is 8.33. The molecule has 17 heavy (non-hydrogen) atoms. The van der Waals surface area contributed by atoms with E-state index < -0.39 is 0 Å². The van der Waals surface area contributed by atoms with Gasteiger partial charge in [-0.05, 0) is 62.4 Å². The van der Waals surface area contributed by atoms with Gasteiger partial charge in [0.2, 0.25) is 0 Å². The molecule has 0 spiro atoms. The Bertz CT molecular complexity index is 271. The van der Waals surface area contributed by atoms with Gasteiger partial charge in [0.1, 0.15) is 0 Å². The number of allylic oxidation sites excluding steroid dienone is 3. The molecule has 0 radical (unpaired) electrons. The third-order valence-electron chi connectivity index (χ3n) is 4.44. The van der Waals surface area contributed by atoms with Gasteiger partial charge in [-0.1, -0.05) is 13.0 Å². The van der Waals surface area contributed by atoms with E-state index in [1.165, 1.54) is 44.3 Å².